The summed E-state index contributed by atoms with van der Waals surface area (Å²) in [5.41, 5.74) is -0.114. The van der Waals surface area contributed by atoms with Gasteiger partial charge in [-0.05, 0) is 11.5 Å². The summed E-state index contributed by atoms with van der Waals surface area (Å²) in [6.45, 7) is 4.24. The number of carbonyl (C=O) groups excluding carboxylic acids is 1. The zero-order valence-electron chi connectivity index (χ0n) is 10.6. The molecule has 0 saturated carbocycles. The van der Waals surface area contributed by atoms with Gasteiger partial charge in [0, 0.05) is 34.6 Å². The molecule has 0 saturated heterocycles. The predicted molar refractivity (Wildman–Crippen MR) is 77.6 cm³/mol. The molecule has 1 rings (SSSR count). The highest BCUT2D eigenvalue weighted by Gasteiger charge is 2.19. The Morgan fingerprint density at radius 1 is 1.47 bits per heavy atom. The van der Waals surface area contributed by atoms with Crippen LogP contribution in [0.4, 0.5) is 5.69 Å². The van der Waals surface area contributed by atoms with Gasteiger partial charge in [-0.15, -0.1) is 11.6 Å². The summed E-state index contributed by atoms with van der Waals surface area (Å²) in [7, 11) is 0. The Labute approximate surface area is 124 Å². The lowest BCUT2D eigenvalue weighted by Crippen LogP contribution is -2.35. The van der Waals surface area contributed by atoms with Crippen LogP contribution in [0.1, 0.15) is 24.2 Å². The third-order valence-corrected chi connectivity index (χ3v) is 3.63. The van der Waals surface area contributed by atoms with Crippen molar-refractivity contribution in [2.45, 2.75) is 13.8 Å². The summed E-state index contributed by atoms with van der Waals surface area (Å²) in [6, 6.07) is 4.13. The Bertz CT molecular complexity index is 506. The number of benzene rings is 1. The first-order chi connectivity index (χ1) is 8.75. The number of non-ortho nitro benzene ring substituents is 1. The van der Waals surface area contributed by atoms with E-state index in [1.54, 1.807) is 0 Å². The van der Waals surface area contributed by atoms with Gasteiger partial charge < -0.3 is 5.32 Å². The van der Waals surface area contributed by atoms with Crippen molar-refractivity contribution in [1.29, 1.82) is 0 Å². The summed E-state index contributed by atoms with van der Waals surface area (Å²) in [4.78, 5) is 22.1. The SMILES string of the molecule is CC(C)(CCl)CNC(=O)c1cc(Br)cc([N+](=O)[O-])c1. The van der Waals surface area contributed by atoms with Crippen LogP contribution in [0.5, 0.6) is 0 Å². The molecule has 1 amide bonds. The fourth-order valence-corrected chi connectivity index (χ4v) is 1.86. The van der Waals surface area contributed by atoms with Crippen LogP contribution in [0.3, 0.4) is 0 Å². The zero-order valence-corrected chi connectivity index (χ0v) is 12.9. The lowest BCUT2D eigenvalue weighted by molar-refractivity contribution is -0.385. The highest BCUT2D eigenvalue weighted by atomic mass is 79.9. The third kappa shape index (κ3) is 4.80. The van der Waals surface area contributed by atoms with Crippen molar-refractivity contribution < 1.29 is 9.72 Å². The number of nitro benzene ring substituents is 1. The van der Waals surface area contributed by atoms with Crippen LogP contribution < -0.4 is 5.32 Å². The van der Waals surface area contributed by atoms with E-state index in [0.717, 1.165) is 0 Å². The minimum Gasteiger partial charge on any atom is -0.351 e. The molecule has 5 nitrogen and oxygen atoms in total. The summed E-state index contributed by atoms with van der Waals surface area (Å²) in [6.07, 6.45) is 0. The van der Waals surface area contributed by atoms with E-state index >= 15 is 0 Å². The van der Waals surface area contributed by atoms with Crippen molar-refractivity contribution in [3.63, 3.8) is 0 Å². The van der Waals surface area contributed by atoms with E-state index in [1.807, 2.05) is 13.8 Å². The average Bonchev–Trinajstić information content (AvgIpc) is 2.35. The number of alkyl halides is 1. The van der Waals surface area contributed by atoms with Gasteiger partial charge in [0.2, 0.25) is 0 Å². The molecule has 19 heavy (non-hydrogen) atoms. The van der Waals surface area contributed by atoms with Gasteiger partial charge in [0.15, 0.2) is 0 Å². The predicted octanol–water partition coefficient (Wildman–Crippen LogP) is 3.35. The van der Waals surface area contributed by atoms with Gasteiger partial charge >= 0.3 is 0 Å². The Morgan fingerprint density at radius 3 is 2.63 bits per heavy atom. The fourth-order valence-electron chi connectivity index (χ4n) is 1.28. The number of nitrogens with zero attached hydrogens (tertiary/aromatic N) is 1. The molecule has 0 unspecified atom stereocenters. The van der Waals surface area contributed by atoms with Gasteiger partial charge in [-0.2, -0.15) is 0 Å². The van der Waals surface area contributed by atoms with Crippen LogP contribution in [-0.2, 0) is 0 Å². The topological polar surface area (TPSA) is 72.2 Å². The third-order valence-electron chi connectivity index (χ3n) is 2.44. The quantitative estimate of drug-likeness (QED) is 0.503. The molecule has 0 radical (unpaired) electrons. The summed E-state index contributed by atoms with van der Waals surface area (Å²) < 4.78 is 0.489. The number of amides is 1. The van der Waals surface area contributed by atoms with E-state index < -0.39 is 4.92 Å². The Hall–Kier alpha value is -1.14. The maximum atomic E-state index is 11.9. The Morgan fingerprint density at radius 2 is 2.11 bits per heavy atom. The van der Waals surface area contributed by atoms with Crippen molar-refractivity contribution in [1.82, 2.24) is 5.32 Å². The fraction of sp³-hybridized carbons (Fsp3) is 0.417. The molecule has 104 valence electrons. The van der Waals surface area contributed by atoms with E-state index in [1.165, 1.54) is 18.2 Å². The minimum absolute atomic E-state index is 0.129. The number of halogens is 2. The van der Waals surface area contributed by atoms with Crippen molar-refractivity contribution in [3.8, 4) is 0 Å². The van der Waals surface area contributed by atoms with Crippen LogP contribution in [0, 0.1) is 15.5 Å². The second-order valence-electron chi connectivity index (χ2n) is 4.94. The van der Waals surface area contributed by atoms with Crippen LogP contribution in [0.15, 0.2) is 22.7 Å². The molecule has 0 fully saturated rings. The molecule has 0 aliphatic rings. The van der Waals surface area contributed by atoms with Crippen molar-refractivity contribution in [3.05, 3.63) is 38.3 Å². The Balaban J connectivity index is 2.85. The highest BCUT2D eigenvalue weighted by molar-refractivity contribution is 9.10. The average molecular weight is 350 g/mol. The standard InChI is InChI=1S/C12H14BrClN2O3/c1-12(2,6-14)7-15-11(17)8-3-9(13)5-10(4-8)16(18)19/h3-5H,6-7H2,1-2H3,(H,15,17). The van der Waals surface area contributed by atoms with E-state index in [9.17, 15) is 14.9 Å². The first-order valence-electron chi connectivity index (χ1n) is 5.54. The molecule has 1 aromatic rings. The molecule has 0 bridgehead atoms. The van der Waals surface area contributed by atoms with E-state index in [0.29, 0.717) is 16.9 Å². The molecular formula is C12H14BrClN2O3. The molecule has 1 N–H and O–H groups in total. The van der Waals surface area contributed by atoms with Crippen LogP contribution in [0.25, 0.3) is 0 Å². The lowest BCUT2D eigenvalue weighted by atomic mass is 9.96. The summed E-state index contributed by atoms with van der Waals surface area (Å²) in [5.74, 6) is 0.0499. The normalized spacial score (nSPS) is 11.2. The van der Waals surface area contributed by atoms with Crippen molar-refractivity contribution >= 4 is 39.1 Å². The molecule has 7 heteroatoms. The molecule has 0 aliphatic carbocycles. The molecule has 0 aliphatic heterocycles. The first-order valence-corrected chi connectivity index (χ1v) is 6.87. The Kier molecular flexibility index (Phi) is 5.31. The zero-order chi connectivity index (χ0) is 14.6. The second kappa shape index (κ2) is 6.34. The smallest absolute Gasteiger partial charge is 0.271 e. The molecular weight excluding hydrogens is 336 g/mol. The van der Waals surface area contributed by atoms with Crippen LogP contribution >= 0.6 is 27.5 Å². The maximum Gasteiger partial charge on any atom is 0.271 e. The van der Waals surface area contributed by atoms with Gasteiger partial charge in [0.25, 0.3) is 11.6 Å². The first kappa shape index (κ1) is 15.9. The molecule has 0 spiro atoms. The number of nitro groups is 1. The van der Waals surface area contributed by atoms with Gasteiger partial charge in [-0.3, -0.25) is 14.9 Å². The van der Waals surface area contributed by atoms with Crippen LogP contribution in [-0.4, -0.2) is 23.3 Å². The van der Waals surface area contributed by atoms with E-state index in [2.05, 4.69) is 21.2 Å². The lowest BCUT2D eigenvalue weighted by Gasteiger charge is -2.21. The number of hydrogen-bond acceptors (Lipinski definition) is 3. The van der Waals surface area contributed by atoms with Crippen molar-refractivity contribution in [2.24, 2.45) is 5.41 Å². The van der Waals surface area contributed by atoms with Gasteiger partial charge in [0.1, 0.15) is 0 Å². The molecule has 0 aromatic heterocycles. The largest absolute Gasteiger partial charge is 0.351 e. The summed E-state index contributed by atoms with van der Waals surface area (Å²) in [5, 5.41) is 13.4. The second-order valence-corrected chi connectivity index (χ2v) is 6.12. The molecule has 0 heterocycles. The van der Waals surface area contributed by atoms with Gasteiger partial charge in [0.05, 0.1) is 4.92 Å². The van der Waals surface area contributed by atoms with E-state index in [-0.39, 0.29) is 22.6 Å². The highest BCUT2D eigenvalue weighted by Crippen LogP contribution is 2.22. The summed E-state index contributed by atoms with van der Waals surface area (Å²) >= 11 is 8.91. The van der Waals surface area contributed by atoms with Crippen molar-refractivity contribution in [2.75, 3.05) is 12.4 Å². The number of hydrogen-bond donors (Lipinski definition) is 1. The molecule has 1 aromatic carbocycles. The number of nitrogens with one attached hydrogen (secondary N) is 1. The monoisotopic (exact) mass is 348 g/mol. The van der Waals surface area contributed by atoms with E-state index in [4.69, 9.17) is 11.6 Å². The van der Waals surface area contributed by atoms with Gasteiger partial charge in [-0.25, -0.2) is 0 Å². The number of carbonyl (C=O) groups is 1. The maximum absolute atomic E-state index is 11.9. The number of rotatable bonds is 5. The van der Waals surface area contributed by atoms with Crippen LogP contribution in [0.2, 0.25) is 0 Å². The van der Waals surface area contributed by atoms with Gasteiger partial charge in [-0.1, -0.05) is 29.8 Å². The molecule has 0 atom stereocenters. The minimum atomic E-state index is -0.537.